The van der Waals surface area contributed by atoms with E-state index in [-0.39, 0.29) is 31.7 Å². The molecule has 1 aromatic rings. The summed E-state index contributed by atoms with van der Waals surface area (Å²) in [5.74, 6) is -4.39. The number of likely N-dealkylation sites (N-methyl/N-ethyl adjacent to an activating group) is 1. The number of esters is 1. The average molecular weight is 763 g/mol. The number of carbonyl (C=O) groups excluding carboxylic acids is 3. The molecule has 16 heteroatoms. The molecule has 0 aliphatic carbocycles. The quantitative estimate of drug-likeness (QED) is 0.162. The summed E-state index contributed by atoms with van der Waals surface area (Å²) in [5.41, 5.74) is -1.17. The number of ether oxygens (including phenoxy) is 5. The number of amides is 1. The first-order chi connectivity index (χ1) is 25.4. The number of hydrazine groups is 1. The van der Waals surface area contributed by atoms with E-state index in [1.807, 2.05) is 59.7 Å². The molecule has 54 heavy (non-hydrogen) atoms. The number of hydrogen-bond acceptors (Lipinski definition) is 13. The highest BCUT2D eigenvalue weighted by Gasteiger charge is 2.63. The van der Waals surface area contributed by atoms with Crippen LogP contribution in [0.3, 0.4) is 0 Å². The van der Waals surface area contributed by atoms with Gasteiger partial charge in [-0.2, -0.15) is 14.8 Å². The second-order valence-corrected chi connectivity index (χ2v) is 16.5. The van der Waals surface area contributed by atoms with Gasteiger partial charge in [-0.1, -0.05) is 27.7 Å². The number of methoxy groups -OCH3 is 1. The first-order valence-electron chi connectivity index (χ1n) is 19.4. The zero-order valence-electron chi connectivity index (χ0n) is 33.8. The van der Waals surface area contributed by atoms with E-state index in [1.165, 1.54) is 19.0 Å². The zero-order chi connectivity index (χ0) is 39.9. The molecule has 0 aromatic carbocycles. The van der Waals surface area contributed by atoms with E-state index in [9.17, 15) is 24.7 Å². The van der Waals surface area contributed by atoms with Crippen molar-refractivity contribution in [2.75, 3.05) is 34.4 Å². The average Bonchev–Trinajstić information content (AvgIpc) is 3.70. The number of nitrogens with zero attached hydrogens (tertiary/aromatic N) is 5. The Labute approximate surface area is 319 Å². The summed E-state index contributed by atoms with van der Waals surface area (Å²) in [6.07, 6.45) is -1.01. The zero-order valence-corrected chi connectivity index (χ0v) is 33.8. The molecule has 13 atom stereocenters. The Morgan fingerprint density at radius 1 is 1.15 bits per heavy atom. The Kier molecular flexibility index (Phi) is 12.9. The van der Waals surface area contributed by atoms with Crippen molar-refractivity contribution in [1.29, 1.82) is 0 Å². The van der Waals surface area contributed by atoms with E-state index in [1.54, 1.807) is 25.1 Å². The molecule has 0 spiro atoms. The number of hydroxylamine groups is 1. The molecule has 1 amide bonds. The molecule has 2 bridgehead atoms. The molecule has 304 valence electrons. The van der Waals surface area contributed by atoms with E-state index >= 15 is 0 Å². The van der Waals surface area contributed by atoms with E-state index in [0.717, 1.165) is 10.4 Å². The number of ketones is 1. The molecule has 5 heterocycles. The maximum Gasteiger partial charge on any atom is 0.425 e. The second-order valence-electron chi connectivity index (χ2n) is 16.5. The number of aromatic nitrogens is 2. The van der Waals surface area contributed by atoms with Crippen LogP contribution in [0.5, 0.6) is 0 Å². The van der Waals surface area contributed by atoms with Crippen molar-refractivity contribution in [2.45, 2.75) is 141 Å². The van der Waals surface area contributed by atoms with Crippen molar-refractivity contribution >= 4 is 23.6 Å². The number of nitrogens with one attached hydrogen (secondary N) is 1. The largest absolute Gasteiger partial charge is 0.623 e. The summed E-state index contributed by atoms with van der Waals surface area (Å²) in [6, 6.07) is 0.867. The minimum atomic E-state index is -1.37. The van der Waals surface area contributed by atoms with Crippen molar-refractivity contribution in [3.05, 3.63) is 23.2 Å². The Bertz CT molecular complexity index is 1530. The third kappa shape index (κ3) is 7.92. The Morgan fingerprint density at radius 3 is 2.46 bits per heavy atom. The maximum atomic E-state index is 14.5. The number of fused-ring (bicyclic) bond motifs is 1. The second kappa shape index (κ2) is 16.5. The number of aliphatic hydroxyl groups excluding tert-OH is 1. The van der Waals surface area contributed by atoms with Gasteiger partial charge in [-0.15, -0.1) is 0 Å². The smallest absolute Gasteiger partial charge is 0.425 e. The molecule has 5 rings (SSSR count). The van der Waals surface area contributed by atoms with E-state index < -0.39 is 83.4 Å². The number of hydrogen-bond donors (Lipinski definition) is 2. The van der Waals surface area contributed by atoms with Crippen LogP contribution < -0.4 is 0 Å². The van der Waals surface area contributed by atoms with Crippen molar-refractivity contribution in [3.63, 3.8) is 0 Å². The van der Waals surface area contributed by atoms with Crippen LogP contribution >= 0.6 is 0 Å². The lowest BCUT2D eigenvalue weighted by Gasteiger charge is -2.47. The number of Topliss-reactive ketones (excluding diaryl/α,β-unsaturated/α-hetero) is 1. The predicted molar refractivity (Wildman–Crippen MR) is 197 cm³/mol. The molecular formula is C38H62N6O10. The molecular weight excluding hydrogens is 700 g/mol. The molecule has 16 nitrogen and oxygen atoms in total. The molecule has 1 aromatic heterocycles. The minimum absolute atomic E-state index is 0.146. The highest BCUT2D eigenvalue weighted by molar-refractivity contribution is 6.00. The lowest BCUT2D eigenvalue weighted by molar-refractivity contribution is -0.494. The number of aryl methyl sites for hydroxylation is 1. The highest BCUT2D eigenvalue weighted by Crippen LogP contribution is 2.44. The van der Waals surface area contributed by atoms with Crippen molar-refractivity contribution in [2.24, 2.45) is 23.7 Å². The lowest BCUT2D eigenvalue weighted by Crippen LogP contribution is -2.61. The van der Waals surface area contributed by atoms with Crippen LogP contribution in [0.15, 0.2) is 12.3 Å². The molecule has 3 saturated heterocycles. The fourth-order valence-corrected chi connectivity index (χ4v) is 9.47. The number of aliphatic hydroxyl groups is 1. The van der Waals surface area contributed by atoms with Gasteiger partial charge in [0.2, 0.25) is 6.67 Å². The van der Waals surface area contributed by atoms with Gasteiger partial charge in [-0.3, -0.25) is 14.7 Å². The number of rotatable bonds is 9. The molecule has 3 fully saturated rings. The Balaban J connectivity index is 1.60. The Hall–Kier alpha value is -3.15. The van der Waals surface area contributed by atoms with Crippen molar-refractivity contribution in [3.8, 4) is 0 Å². The van der Waals surface area contributed by atoms with Crippen LogP contribution in [-0.4, -0.2) is 147 Å². The molecule has 2 N–H and O–H groups in total. The number of H-pyrrole nitrogens is 1. The fraction of sp³-hybridized carbons (Fsp3) is 0.816. The van der Waals surface area contributed by atoms with Gasteiger partial charge in [0.05, 0.1) is 23.7 Å². The van der Waals surface area contributed by atoms with E-state index in [4.69, 9.17) is 23.7 Å². The first kappa shape index (κ1) is 42.0. The van der Waals surface area contributed by atoms with Gasteiger partial charge in [0.25, 0.3) is 0 Å². The van der Waals surface area contributed by atoms with Crippen LogP contribution in [-0.2, 0) is 39.7 Å². The van der Waals surface area contributed by atoms with Gasteiger partial charge in [0.15, 0.2) is 23.4 Å². The lowest BCUT2D eigenvalue weighted by atomic mass is 9.73. The molecule has 0 saturated carbocycles. The number of cyclic esters (lactones) is 1. The van der Waals surface area contributed by atoms with Crippen LogP contribution in [0.25, 0.3) is 0 Å². The van der Waals surface area contributed by atoms with Crippen LogP contribution in [0.2, 0.25) is 0 Å². The number of carbonyl (C=O) groups is 3. The normalized spacial score (nSPS) is 40.1. The standard InChI is InChI=1S/C38H62N6O10/c1-12-28-38(8)32-23(4)29(43(49)20-42(44(32)36(48)54-38)17-13-14-26-15-16-39-40-26)21(2)19-37(7,50-11)33(24(5)30(45)25(6)34(47)52-28)53-35-31(46)27(41(9)10)18-22(3)51-35/h15-16,21-25,27-28,31-33,35,46H,12-14,17-20H2,1-11H3,(H,39,40)/t21-,22-,23-,24+,25-,27+,28+,31-,32-,33-,35+,37+,38-/m1/s1. The third-order valence-corrected chi connectivity index (χ3v) is 12.4. The van der Waals surface area contributed by atoms with Crippen molar-refractivity contribution in [1.82, 2.24) is 25.1 Å². The number of aromatic amines is 1. The molecule has 0 unspecified atom stereocenters. The maximum absolute atomic E-state index is 14.5. The van der Waals surface area contributed by atoms with Crippen LogP contribution in [0.4, 0.5) is 4.79 Å². The third-order valence-electron chi connectivity index (χ3n) is 12.4. The van der Waals surface area contributed by atoms with E-state index in [2.05, 4.69) is 10.2 Å². The van der Waals surface area contributed by atoms with Crippen LogP contribution in [0, 0.1) is 28.9 Å². The van der Waals surface area contributed by atoms with Gasteiger partial charge >= 0.3 is 12.1 Å². The molecule has 4 aliphatic rings. The highest BCUT2D eigenvalue weighted by atomic mass is 16.7. The molecule has 0 radical (unpaired) electrons. The monoisotopic (exact) mass is 762 g/mol. The molecule has 4 aliphatic heterocycles. The minimum Gasteiger partial charge on any atom is -0.623 e. The van der Waals surface area contributed by atoms with Crippen LogP contribution in [0.1, 0.15) is 86.8 Å². The summed E-state index contributed by atoms with van der Waals surface area (Å²) in [4.78, 5) is 44.2. The van der Waals surface area contributed by atoms with E-state index in [0.29, 0.717) is 31.5 Å². The van der Waals surface area contributed by atoms with Crippen molar-refractivity contribution < 1.29 is 47.9 Å². The first-order valence-corrected chi connectivity index (χ1v) is 19.4. The summed E-state index contributed by atoms with van der Waals surface area (Å²) < 4.78 is 32.4. The van der Waals surface area contributed by atoms with Gasteiger partial charge in [0.1, 0.15) is 24.2 Å². The SMILES string of the molecule is CC[C@@H]1OC(=O)[C@H](C)C(=O)[C@H](C)[C@@H](O[C@@H]2O[C@H](C)C[C@H](N(C)C)[C@H]2O)[C@@](C)(OC)C[C@@H](C)C2=[N+]([O-])CN(CCCc3ccn[nH]3)N3C(=O)O[C@@]1(C)[C@H]3[C@@H]2C. The summed E-state index contributed by atoms with van der Waals surface area (Å²) in [5, 5.41) is 36.2. The Morgan fingerprint density at radius 2 is 1.85 bits per heavy atom. The van der Waals surface area contributed by atoms with Gasteiger partial charge in [-0.05, 0) is 80.0 Å². The summed E-state index contributed by atoms with van der Waals surface area (Å²) in [7, 11) is 5.28. The van der Waals surface area contributed by atoms with Gasteiger partial charge in [-0.25, -0.2) is 9.80 Å². The topological polar surface area (TPSA) is 182 Å². The summed E-state index contributed by atoms with van der Waals surface area (Å²) in [6.45, 7) is 14.6. The fourth-order valence-electron chi connectivity index (χ4n) is 9.47. The van der Waals surface area contributed by atoms with Gasteiger partial charge < -0.3 is 38.9 Å². The van der Waals surface area contributed by atoms with Gasteiger partial charge in [0, 0.05) is 43.4 Å². The predicted octanol–water partition coefficient (Wildman–Crippen LogP) is 3.12. The summed E-state index contributed by atoms with van der Waals surface area (Å²) >= 11 is 0.